The van der Waals surface area contributed by atoms with Crippen molar-refractivity contribution in [1.82, 2.24) is 19.7 Å². The van der Waals surface area contributed by atoms with Gasteiger partial charge in [0.05, 0.1) is 24.1 Å². The van der Waals surface area contributed by atoms with Crippen molar-refractivity contribution in [3.63, 3.8) is 0 Å². The van der Waals surface area contributed by atoms with E-state index < -0.39 is 0 Å². The maximum Gasteiger partial charge on any atom is 0.278 e. The lowest BCUT2D eigenvalue weighted by atomic mass is 10.0. The lowest BCUT2D eigenvalue weighted by Gasteiger charge is -2.25. The van der Waals surface area contributed by atoms with Gasteiger partial charge in [-0.3, -0.25) is 9.78 Å². The Bertz CT molecular complexity index is 1330. The molecule has 0 fully saturated rings. The van der Waals surface area contributed by atoms with Crippen LogP contribution in [0.4, 0.5) is 5.69 Å². The Kier molecular flexibility index (Phi) is 6.62. The molecule has 36 heavy (non-hydrogen) atoms. The molecule has 3 aromatic rings. The Hall–Kier alpha value is -3.52. The van der Waals surface area contributed by atoms with Crippen LogP contribution < -0.4 is 9.64 Å². The summed E-state index contributed by atoms with van der Waals surface area (Å²) in [6, 6.07) is 10.2. The maximum atomic E-state index is 13.5. The summed E-state index contributed by atoms with van der Waals surface area (Å²) in [7, 11) is 6.01. The van der Waals surface area contributed by atoms with E-state index in [1.54, 1.807) is 23.0 Å². The van der Waals surface area contributed by atoms with E-state index in [9.17, 15) is 4.79 Å². The smallest absolute Gasteiger partial charge is 0.278 e. The first kappa shape index (κ1) is 24.2. The van der Waals surface area contributed by atoms with Crippen LogP contribution in [0.15, 0.2) is 41.5 Å². The number of ether oxygens (including phenoxy) is 1. The molecular weight excluding hydrogens is 452 g/mol. The number of carbonyl (C=O) groups is 1. The van der Waals surface area contributed by atoms with E-state index in [1.165, 1.54) is 16.8 Å². The number of amidine groups is 1. The normalized spacial score (nSPS) is 18.1. The Morgan fingerprint density at radius 3 is 2.83 bits per heavy atom. The molecule has 1 atom stereocenters. The second-order valence-corrected chi connectivity index (χ2v) is 10.3. The second kappa shape index (κ2) is 9.85. The Morgan fingerprint density at radius 1 is 1.19 bits per heavy atom. The predicted molar refractivity (Wildman–Crippen MR) is 142 cm³/mol. The predicted octanol–water partition coefficient (Wildman–Crippen LogP) is 4.26. The summed E-state index contributed by atoms with van der Waals surface area (Å²) in [6.45, 7) is 6.42. The number of benzene rings is 1. The fourth-order valence-electron chi connectivity index (χ4n) is 5.07. The molecule has 8 nitrogen and oxygen atoms in total. The highest BCUT2D eigenvalue weighted by Crippen LogP contribution is 2.34. The van der Waals surface area contributed by atoms with Gasteiger partial charge >= 0.3 is 0 Å². The lowest BCUT2D eigenvalue weighted by Crippen LogP contribution is -2.32. The number of aromatic nitrogens is 3. The fraction of sp³-hybridized carbons (Fsp3) is 0.429. The van der Waals surface area contributed by atoms with E-state index in [-0.39, 0.29) is 5.91 Å². The van der Waals surface area contributed by atoms with Gasteiger partial charge in [-0.2, -0.15) is 10.1 Å². The first-order valence-electron chi connectivity index (χ1n) is 12.6. The van der Waals surface area contributed by atoms with Crippen LogP contribution in [-0.2, 0) is 20.0 Å². The summed E-state index contributed by atoms with van der Waals surface area (Å²) in [4.78, 5) is 27.3. The van der Waals surface area contributed by atoms with Crippen molar-refractivity contribution >= 4 is 17.4 Å². The van der Waals surface area contributed by atoms with E-state index in [4.69, 9.17) is 4.74 Å². The highest BCUT2D eigenvalue weighted by atomic mass is 16.5. The van der Waals surface area contributed by atoms with Gasteiger partial charge in [-0.05, 0) is 69.1 Å². The molecule has 0 spiro atoms. The van der Waals surface area contributed by atoms with Gasteiger partial charge in [-0.1, -0.05) is 19.1 Å². The van der Waals surface area contributed by atoms with Crippen LogP contribution in [0.1, 0.15) is 46.9 Å². The summed E-state index contributed by atoms with van der Waals surface area (Å²) in [6.07, 6.45) is 4.33. The number of fused-ring (bicyclic) bond motifs is 7. The van der Waals surface area contributed by atoms with Crippen LogP contribution in [0.3, 0.4) is 0 Å². The van der Waals surface area contributed by atoms with Crippen molar-refractivity contribution < 1.29 is 9.53 Å². The monoisotopic (exact) mass is 486 g/mol. The topological polar surface area (TPSA) is 75.8 Å². The number of rotatable bonds is 2. The highest BCUT2D eigenvalue weighted by molar-refractivity contribution is 6.12. The lowest BCUT2D eigenvalue weighted by molar-refractivity contribution is 0.100. The van der Waals surface area contributed by atoms with Crippen molar-refractivity contribution in [2.75, 3.05) is 32.1 Å². The molecular formula is C28H34N6O2. The van der Waals surface area contributed by atoms with Crippen molar-refractivity contribution in [3.8, 4) is 17.1 Å². The molecule has 0 radical (unpaired) electrons. The zero-order valence-electron chi connectivity index (χ0n) is 21.8. The molecule has 0 unspecified atom stereocenters. The first-order chi connectivity index (χ1) is 17.3. The number of carbonyl (C=O) groups excluding carboxylic acids is 1. The highest BCUT2D eigenvalue weighted by Gasteiger charge is 2.28. The fourth-order valence-corrected chi connectivity index (χ4v) is 5.07. The van der Waals surface area contributed by atoms with E-state index >= 15 is 0 Å². The molecule has 2 aliphatic rings. The maximum absolute atomic E-state index is 13.5. The number of amides is 1. The largest absolute Gasteiger partial charge is 0.477 e. The van der Waals surface area contributed by atoms with Crippen LogP contribution in [0.2, 0.25) is 0 Å². The van der Waals surface area contributed by atoms with Crippen molar-refractivity contribution in [2.45, 2.75) is 39.7 Å². The molecule has 4 heterocycles. The number of aryl methyl sites for hydroxylation is 2. The van der Waals surface area contributed by atoms with Crippen molar-refractivity contribution in [3.05, 3.63) is 58.9 Å². The van der Waals surface area contributed by atoms with Crippen LogP contribution in [0, 0.1) is 12.8 Å². The minimum Gasteiger partial charge on any atom is -0.477 e. The summed E-state index contributed by atoms with van der Waals surface area (Å²) < 4.78 is 7.89. The first-order valence-corrected chi connectivity index (χ1v) is 12.6. The van der Waals surface area contributed by atoms with Gasteiger partial charge < -0.3 is 14.5 Å². The minimum atomic E-state index is -0.253. The molecule has 5 rings (SSSR count). The van der Waals surface area contributed by atoms with Crippen molar-refractivity contribution in [2.24, 2.45) is 18.0 Å². The third kappa shape index (κ3) is 4.91. The molecule has 0 aliphatic carbocycles. The van der Waals surface area contributed by atoms with Crippen molar-refractivity contribution in [1.29, 1.82) is 0 Å². The number of hydrogen-bond acceptors (Lipinski definition) is 6. The molecule has 1 amide bonds. The van der Waals surface area contributed by atoms with Gasteiger partial charge in [0, 0.05) is 43.5 Å². The SMILES string of the molecule is Cc1cc2cc(n1)-c1cnn(C)c1OCCC[C@@H](C)CN1C(=NC2=O)Cc2ccc(CN(C)C)cc21. The van der Waals surface area contributed by atoms with E-state index in [1.807, 2.05) is 14.0 Å². The van der Waals surface area contributed by atoms with Gasteiger partial charge in [0.1, 0.15) is 5.84 Å². The third-order valence-corrected chi connectivity index (χ3v) is 6.77. The molecule has 0 N–H and O–H groups in total. The molecule has 0 saturated carbocycles. The van der Waals surface area contributed by atoms with Crippen LogP contribution in [0.5, 0.6) is 5.88 Å². The standard InChI is InChI=1S/C28H34N6O2/c1-18-7-6-10-36-28-23(15-29-33(28)5)24-13-22(11-19(2)30-24)27(35)31-26-14-21-9-8-20(17-32(3)4)12-25(21)34(26)16-18/h8-9,11-13,15,18H,6-7,10,14,16-17H2,1-5H3/t18-/m1/s1. The van der Waals surface area contributed by atoms with Gasteiger partial charge in [-0.25, -0.2) is 4.68 Å². The number of anilines is 1. The molecule has 0 saturated heterocycles. The number of nitrogens with zero attached hydrogens (tertiary/aromatic N) is 6. The van der Waals surface area contributed by atoms with Crippen LogP contribution >= 0.6 is 0 Å². The average Bonchev–Trinajstić information content (AvgIpc) is 3.35. The molecule has 188 valence electrons. The average molecular weight is 487 g/mol. The van der Waals surface area contributed by atoms with Gasteiger partial charge in [0.2, 0.25) is 5.88 Å². The number of aliphatic imine (C=N–C) groups is 1. The molecule has 1 aromatic carbocycles. The van der Waals surface area contributed by atoms with Gasteiger partial charge in [0.25, 0.3) is 5.91 Å². The minimum absolute atomic E-state index is 0.253. The quantitative estimate of drug-likeness (QED) is 0.539. The van der Waals surface area contributed by atoms with Crippen LogP contribution in [0.25, 0.3) is 11.3 Å². The summed E-state index contributed by atoms with van der Waals surface area (Å²) in [5, 5.41) is 4.38. The molecule has 2 aliphatic heterocycles. The molecule has 8 heteroatoms. The third-order valence-electron chi connectivity index (χ3n) is 6.77. The van der Waals surface area contributed by atoms with E-state index in [0.717, 1.165) is 43.0 Å². The van der Waals surface area contributed by atoms with E-state index in [2.05, 4.69) is 64.1 Å². The molecule has 2 aromatic heterocycles. The zero-order chi connectivity index (χ0) is 25.4. The number of hydrogen-bond donors (Lipinski definition) is 0. The Labute approximate surface area is 212 Å². The number of pyridine rings is 1. The Balaban J connectivity index is 1.57. The zero-order valence-corrected chi connectivity index (χ0v) is 21.8. The summed E-state index contributed by atoms with van der Waals surface area (Å²) in [5.74, 6) is 1.63. The summed E-state index contributed by atoms with van der Waals surface area (Å²) >= 11 is 0. The van der Waals surface area contributed by atoms with Gasteiger partial charge in [0.15, 0.2) is 0 Å². The second-order valence-electron chi connectivity index (χ2n) is 10.3. The van der Waals surface area contributed by atoms with Gasteiger partial charge in [-0.15, -0.1) is 0 Å². The van der Waals surface area contributed by atoms with Crippen LogP contribution in [-0.4, -0.2) is 58.7 Å². The Morgan fingerprint density at radius 2 is 2.03 bits per heavy atom. The molecule has 2 bridgehead atoms. The van der Waals surface area contributed by atoms with E-state index in [0.29, 0.717) is 36.1 Å². The summed E-state index contributed by atoms with van der Waals surface area (Å²) in [5.41, 5.74) is 6.37.